The normalized spacial score (nSPS) is 10.8. The first-order valence-corrected chi connectivity index (χ1v) is 9.01. The van der Waals surface area contributed by atoms with Gasteiger partial charge in [0.25, 0.3) is 0 Å². The monoisotopic (exact) mass is 372 g/mol. The molecule has 7 nitrogen and oxygen atoms in total. The highest BCUT2D eigenvalue weighted by atomic mass is 16.5. The Balaban J connectivity index is 1.51. The van der Waals surface area contributed by atoms with E-state index in [1.807, 2.05) is 68.4 Å². The van der Waals surface area contributed by atoms with Crippen LogP contribution >= 0.6 is 0 Å². The van der Waals surface area contributed by atoms with Crippen LogP contribution in [0, 0.1) is 0 Å². The standard InChI is InChI=1S/C21H20N6O/c1-14(2)28-17-10-8-16(9-11-17)24-19-13-23-27-21(26-19)25-18-7-3-5-15-6-4-12-22-20(15)18/h3-14H,1-2H3,(H2,24,25,26,27). The van der Waals surface area contributed by atoms with E-state index in [4.69, 9.17) is 4.74 Å². The Morgan fingerprint density at radius 3 is 2.57 bits per heavy atom. The lowest BCUT2D eigenvalue weighted by atomic mass is 10.2. The number of fused-ring (bicyclic) bond motifs is 1. The third-order valence-corrected chi connectivity index (χ3v) is 3.94. The van der Waals surface area contributed by atoms with Gasteiger partial charge in [0.15, 0.2) is 5.82 Å². The van der Waals surface area contributed by atoms with Crippen molar-refractivity contribution in [3.63, 3.8) is 0 Å². The van der Waals surface area contributed by atoms with Crippen LogP contribution in [0.1, 0.15) is 13.8 Å². The molecule has 0 aliphatic rings. The molecule has 28 heavy (non-hydrogen) atoms. The van der Waals surface area contributed by atoms with Gasteiger partial charge in [0.05, 0.1) is 23.5 Å². The van der Waals surface area contributed by atoms with E-state index < -0.39 is 0 Å². The molecule has 0 aliphatic carbocycles. The number of rotatable bonds is 6. The first-order valence-electron chi connectivity index (χ1n) is 9.01. The van der Waals surface area contributed by atoms with E-state index in [2.05, 4.69) is 30.8 Å². The molecule has 2 N–H and O–H groups in total. The smallest absolute Gasteiger partial charge is 0.249 e. The van der Waals surface area contributed by atoms with Crippen molar-refractivity contribution in [1.29, 1.82) is 0 Å². The number of hydrogen-bond acceptors (Lipinski definition) is 7. The summed E-state index contributed by atoms with van der Waals surface area (Å²) in [5.74, 6) is 1.80. The van der Waals surface area contributed by atoms with Crippen molar-refractivity contribution in [3.8, 4) is 5.75 Å². The van der Waals surface area contributed by atoms with Gasteiger partial charge in [0.2, 0.25) is 5.95 Å². The van der Waals surface area contributed by atoms with Crippen LogP contribution in [-0.4, -0.2) is 26.3 Å². The van der Waals surface area contributed by atoms with Crippen molar-refractivity contribution in [2.45, 2.75) is 20.0 Å². The van der Waals surface area contributed by atoms with Crippen molar-refractivity contribution in [2.75, 3.05) is 10.6 Å². The van der Waals surface area contributed by atoms with Crippen LogP contribution in [0.5, 0.6) is 5.75 Å². The summed E-state index contributed by atoms with van der Waals surface area (Å²) in [5.41, 5.74) is 2.56. The van der Waals surface area contributed by atoms with E-state index in [0.717, 1.165) is 28.0 Å². The van der Waals surface area contributed by atoms with Gasteiger partial charge in [0.1, 0.15) is 5.75 Å². The number of hydrogen-bond donors (Lipinski definition) is 2. The molecule has 140 valence electrons. The second-order valence-corrected chi connectivity index (χ2v) is 6.49. The number of aromatic nitrogens is 4. The third-order valence-electron chi connectivity index (χ3n) is 3.94. The summed E-state index contributed by atoms with van der Waals surface area (Å²) >= 11 is 0. The summed E-state index contributed by atoms with van der Waals surface area (Å²) in [6.07, 6.45) is 3.48. The van der Waals surface area contributed by atoms with E-state index in [9.17, 15) is 0 Å². The van der Waals surface area contributed by atoms with Crippen LogP contribution in [0.4, 0.5) is 23.1 Å². The van der Waals surface area contributed by atoms with Gasteiger partial charge in [-0.2, -0.15) is 10.1 Å². The molecular weight excluding hydrogens is 352 g/mol. The highest BCUT2D eigenvalue weighted by Crippen LogP contribution is 2.24. The Hall–Kier alpha value is -3.74. The molecule has 7 heteroatoms. The van der Waals surface area contributed by atoms with E-state index in [1.54, 1.807) is 12.4 Å². The number of nitrogens with zero attached hydrogens (tertiary/aromatic N) is 4. The molecule has 0 unspecified atom stereocenters. The maximum atomic E-state index is 5.66. The molecule has 0 radical (unpaired) electrons. The van der Waals surface area contributed by atoms with Gasteiger partial charge < -0.3 is 15.4 Å². The van der Waals surface area contributed by atoms with E-state index in [-0.39, 0.29) is 6.10 Å². The van der Waals surface area contributed by atoms with Crippen molar-refractivity contribution in [1.82, 2.24) is 20.2 Å². The highest BCUT2D eigenvalue weighted by molar-refractivity contribution is 5.91. The molecule has 0 saturated carbocycles. The first-order chi connectivity index (χ1) is 13.7. The first kappa shape index (κ1) is 17.7. The zero-order chi connectivity index (χ0) is 19.3. The van der Waals surface area contributed by atoms with Gasteiger partial charge in [-0.15, -0.1) is 5.10 Å². The number of nitrogens with one attached hydrogen (secondary N) is 2. The topological polar surface area (TPSA) is 84.9 Å². The Kier molecular flexibility index (Phi) is 4.97. The van der Waals surface area contributed by atoms with Gasteiger partial charge >= 0.3 is 0 Å². The number of anilines is 4. The number of benzene rings is 2. The molecule has 0 atom stereocenters. The minimum Gasteiger partial charge on any atom is -0.491 e. The zero-order valence-corrected chi connectivity index (χ0v) is 15.6. The van der Waals surface area contributed by atoms with Gasteiger partial charge in [-0.25, -0.2) is 0 Å². The number of ether oxygens (including phenoxy) is 1. The SMILES string of the molecule is CC(C)Oc1ccc(Nc2cnnc(Nc3cccc4cccnc34)n2)cc1. The predicted molar refractivity (Wildman–Crippen MR) is 110 cm³/mol. The lowest BCUT2D eigenvalue weighted by Gasteiger charge is -2.11. The molecule has 0 bridgehead atoms. The van der Waals surface area contributed by atoms with Crippen molar-refractivity contribution in [3.05, 3.63) is 67.0 Å². The average Bonchev–Trinajstić information content (AvgIpc) is 2.70. The Bertz CT molecular complexity index is 1080. The Labute approximate surface area is 162 Å². The van der Waals surface area contributed by atoms with Crippen LogP contribution in [0.3, 0.4) is 0 Å². The Morgan fingerprint density at radius 1 is 0.929 bits per heavy atom. The van der Waals surface area contributed by atoms with Crippen LogP contribution in [0.25, 0.3) is 10.9 Å². The maximum Gasteiger partial charge on any atom is 0.249 e. The second kappa shape index (κ2) is 7.87. The molecule has 2 aromatic carbocycles. The molecule has 2 aromatic heterocycles. The van der Waals surface area contributed by atoms with E-state index in [0.29, 0.717) is 11.8 Å². The lowest BCUT2D eigenvalue weighted by molar-refractivity contribution is 0.242. The van der Waals surface area contributed by atoms with Crippen molar-refractivity contribution >= 4 is 34.0 Å². The fourth-order valence-corrected chi connectivity index (χ4v) is 2.78. The van der Waals surface area contributed by atoms with Gasteiger partial charge in [0, 0.05) is 17.3 Å². The molecule has 2 heterocycles. The Morgan fingerprint density at radius 2 is 1.75 bits per heavy atom. The minimum absolute atomic E-state index is 0.141. The fourth-order valence-electron chi connectivity index (χ4n) is 2.78. The number of pyridine rings is 1. The second-order valence-electron chi connectivity index (χ2n) is 6.49. The molecule has 0 spiro atoms. The highest BCUT2D eigenvalue weighted by Gasteiger charge is 2.06. The van der Waals surface area contributed by atoms with Gasteiger partial charge in [-0.1, -0.05) is 18.2 Å². The summed E-state index contributed by atoms with van der Waals surface area (Å²) in [6, 6.07) is 17.5. The third kappa shape index (κ3) is 4.15. The van der Waals surface area contributed by atoms with Crippen LogP contribution < -0.4 is 15.4 Å². The van der Waals surface area contributed by atoms with Crippen molar-refractivity contribution in [2.24, 2.45) is 0 Å². The predicted octanol–water partition coefficient (Wildman–Crippen LogP) is 4.69. The minimum atomic E-state index is 0.141. The van der Waals surface area contributed by atoms with E-state index in [1.165, 1.54) is 0 Å². The lowest BCUT2D eigenvalue weighted by Crippen LogP contribution is -2.05. The quantitative estimate of drug-likeness (QED) is 0.508. The molecule has 4 rings (SSSR count). The average molecular weight is 372 g/mol. The molecule has 0 amide bonds. The van der Waals surface area contributed by atoms with Crippen molar-refractivity contribution < 1.29 is 4.74 Å². The van der Waals surface area contributed by atoms with Crippen LogP contribution in [0.2, 0.25) is 0 Å². The summed E-state index contributed by atoms with van der Waals surface area (Å²) in [6.45, 7) is 4.00. The maximum absolute atomic E-state index is 5.66. The largest absolute Gasteiger partial charge is 0.491 e. The van der Waals surface area contributed by atoms with Crippen LogP contribution in [0.15, 0.2) is 67.0 Å². The molecule has 0 saturated heterocycles. The molecule has 0 fully saturated rings. The summed E-state index contributed by atoms with van der Waals surface area (Å²) < 4.78 is 5.66. The van der Waals surface area contributed by atoms with Gasteiger partial charge in [-0.3, -0.25) is 4.98 Å². The molecule has 0 aliphatic heterocycles. The molecule has 4 aromatic rings. The van der Waals surface area contributed by atoms with E-state index >= 15 is 0 Å². The summed E-state index contributed by atoms with van der Waals surface area (Å²) in [5, 5.41) is 15.6. The van der Waals surface area contributed by atoms with Gasteiger partial charge in [-0.05, 0) is 50.2 Å². The molecular formula is C21H20N6O. The summed E-state index contributed by atoms with van der Waals surface area (Å²) in [7, 11) is 0. The van der Waals surface area contributed by atoms with Crippen LogP contribution in [-0.2, 0) is 0 Å². The fraction of sp³-hybridized carbons (Fsp3) is 0.143. The number of para-hydroxylation sites is 1. The zero-order valence-electron chi connectivity index (χ0n) is 15.6. The summed E-state index contributed by atoms with van der Waals surface area (Å²) in [4.78, 5) is 8.92.